The molecule has 1 unspecified atom stereocenters. The van der Waals surface area contributed by atoms with Gasteiger partial charge >= 0.3 is 0 Å². The van der Waals surface area contributed by atoms with Gasteiger partial charge in [0.25, 0.3) is 5.91 Å². The van der Waals surface area contributed by atoms with Crippen molar-refractivity contribution in [2.75, 3.05) is 5.32 Å². The summed E-state index contributed by atoms with van der Waals surface area (Å²) in [4.78, 5) is 13.8. The Bertz CT molecular complexity index is 686. The van der Waals surface area contributed by atoms with Crippen LogP contribution in [0.5, 0.6) is 0 Å². The van der Waals surface area contributed by atoms with Crippen LogP contribution in [0.1, 0.15) is 51.3 Å². The summed E-state index contributed by atoms with van der Waals surface area (Å²) in [6, 6.07) is 3.82. The first kappa shape index (κ1) is 12.0. The molecule has 4 nitrogen and oxygen atoms in total. The third-order valence-corrected chi connectivity index (χ3v) is 5.22. The molecule has 0 aromatic carbocycles. The van der Waals surface area contributed by atoms with Gasteiger partial charge in [-0.3, -0.25) is 4.79 Å². The molecule has 1 amide bonds. The Morgan fingerprint density at radius 1 is 1.25 bits per heavy atom. The summed E-state index contributed by atoms with van der Waals surface area (Å²) in [6.45, 7) is 1.91. The van der Waals surface area contributed by atoms with E-state index in [0.717, 1.165) is 34.9 Å². The molecule has 4 rings (SSSR count). The van der Waals surface area contributed by atoms with Crippen molar-refractivity contribution >= 4 is 22.2 Å². The number of carbonyl (C=O) groups is 1. The Kier molecular flexibility index (Phi) is 2.63. The molecule has 1 aliphatic heterocycles. The zero-order chi connectivity index (χ0) is 13.7. The fourth-order valence-corrected chi connectivity index (χ4v) is 4.34. The summed E-state index contributed by atoms with van der Waals surface area (Å²) in [5.74, 6) is 1.64. The van der Waals surface area contributed by atoms with Gasteiger partial charge in [0.1, 0.15) is 16.5 Å². The second kappa shape index (κ2) is 4.38. The largest absolute Gasteiger partial charge is 0.462 e. The fraction of sp³-hybridized carbons (Fsp3) is 0.400. The van der Waals surface area contributed by atoms with Crippen LogP contribution in [0, 0.1) is 6.92 Å². The van der Waals surface area contributed by atoms with Crippen molar-refractivity contribution in [3.63, 3.8) is 0 Å². The van der Waals surface area contributed by atoms with Crippen LogP contribution in [-0.2, 0) is 12.8 Å². The molecule has 0 spiro atoms. The molecule has 5 heteroatoms. The highest BCUT2D eigenvalue weighted by Crippen LogP contribution is 2.41. The van der Waals surface area contributed by atoms with Crippen molar-refractivity contribution in [1.29, 1.82) is 0 Å². The lowest BCUT2D eigenvalue weighted by Gasteiger charge is -2.24. The van der Waals surface area contributed by atoms with Crippen LogP contribution in [0.3, 0.4) is 0 Å². The van der Waals surface area contributed by atoms with E-state index in [1.165, 1.54) is 23.3 Å². The Morgan fingerprint density at radius 2 is 2.10 bits per heavy atom. The van der Waals surface area contributed by atoms with Crippen LogP contribution < -0.4 is 10.6 Å². The minimum Gasteiger partial charge on any atom is -0.462 e. The third-order valence-electron chi connectivity index (χ3n) is 3.99. The molecule has 0 bridgehead atoms. The van der Waals surface area contributed by atoms with E-state index in [9.17, 15) is 4.79 Å². The maximum absolute atomic E-state index is 12.4. The summed E-state index contributed by atoms with van der Waals surface area (Å²) in [6.07, 6.45) is 4.29. The zero-order valence-corrected chi connectivity index (χ0v) is 12.1. The normalized spacial score (nSPS) is 20.9. The zero-order valence-electron chi connectivity index (χ0n) is 11.3. The quantitative estimate of drug-likeness (QED) is 0.845. The lowest BCUT2D eigenvalue weighted by Crippen LogP contribution is -2.38. The molecule has 2 aromatic rings. The maximum atomic E-state index is 12.4. The van der Waals surface area contributed by atoms with Crippen LogP contribution in [-0.4, -0.2) is 5.91 Å². The Morgan fingerprint density at radius 3 is 2.90 bits per heavy atom. The molecule has 1 aliphatic carbocycles. The summed E-state index contributed by atoms with van der Waals surface area (Å²) < 4.78 is 5.62. The molecule has 3 heterocycles. The average Bonchev–Trinajstić information content (AvgIpc) is 3.01. The SMILES string of the molecule is Cc1ccc(C2NC(=O)c3c(sc4c3CCCC4)N2)o1. The van der Waals surface area contributed by atoms with Gasteiger partial charge in [-0.25, -0.2) is 0 Å². The highest BCUT2D eigenvalue weighted by atomic mass is 32.1. The molecular weight excluding hydrogens is 272 g/mol. The van der Waals surface area contributed by atoms with Crippen LogP contribution in [0.2, 0.25) is 0 Å². The molecule has 20 heavy (non-hydrogen) atoms. The second-order valence-corrected chi connectivity index (χ2v) is 6.52. The summed E-state index contributed by atoms with van der Waals surface area (Å²) in [5.41, 5.74) is 2.12. The van der Waals surface area contributed by atoms with Gasteiger partial charge in [0.2, 0.25) is 0 Å². The first-order valence-electron chi connectivity index (χ1n) is 7.00. The van der Waals surface area contributed by atoms with Gasteiger partial charge in [-0.15, -0.1) is 11.3 Å². The van der Waals surface area contributed by atoms with Crippen molar-refractivity contribution in [2.24, 2.45) is 0 Å². The highest BCUT2D eigenvalue weighted by molar-refractivity contribution is 7.16. The molecular formula is C15H16N2O2S. The number of hydrogen-bond acceptors (Lipinski definition) is 4. The summed E-state index contributed by atoms with van der Waals surface area (Å²) >= 11 is 1.73. The number of thiophene rings is 1. The molecule has 0 saturated carbocycles. The number of furan rings is 1. The van der Waals surface area contributed by atoms with Gasteiger partial charge in [0.05, 0.1) is 5.56 Å². The van der Waals surface area contributed by atoms with E-state index in [-0.39, 0.29) is 12.1 Å². The minimum atomic E-state index is -0.260. The molecule has 2 N–H and O–H groups in total. The number of aryl methyl sites for hydroxylation is 2. The van der Waals surface area contributed by atoms with E-state index in [1.54, 1.807) is 11.3 Å². The molecule has 0 saturated heterocycles. The highest BCUT2D eigenvalue weighted by Gasteiger charge is 2.32. The minimum absolute atomic E-state index is 0.0252. The fourth-order valence-electron chi connectivity index (χ4n) is 3.03. The Hall–Kier alpha value is -1.75. The molecule has 0 fully saturated rings. The smallest absolute Gasteiger partial charge is 0.256 e. The van der Waals surface area contributed by atoms with Crippen LogP contribution in [0.25, 0.3) is 0 Å². The summed E-state index contributed by atoms with van der Waals surface area (Å²) in [5, 5.41) is 7.41. The lowest BCUT2D eigenvalue weighted by molar-refractivity contribution is 0.0930. The molecule has 0 radical (unpaired) electrons. The molecule has 2 aliphatic rings. The average molecular weight is 288 g/mol. The Balaban J connectivity index is 1.72. The third kappa shape index (κ3) is 1.77. The predicted molar refractivity (Wildman–Crippen MR) is 78.2 cm³/mol. The van der Waals surface area contributed by atoms with E-state index in [2.05, 4.69) is 10.6 Å². The van der Waals surface area contributed by atoms with Crippen molar-refractivity contribution < 1.29 is 9.21 Å². The number of rotatable bonds is 1. The van der Waals surface area contributed by atoms with Crippen LogP contribution >= 0.6 is 11.3 Å². The molecule has 104 valence electrons. The maximum Gasteiger partial charge on any atom is 0.256 e. The number of hydrogen-bond donors (Lipinski definition) is 2. The van der Waals surface area contributed by atoms with Gasteiger partial charge in [0.15, 0.2) is 6.17 Å². The second-order valence-electron chi connectivity index (χ2n) is 5.41. The Labute approximate surface area is 121 Å². The van der Waals surface area contributed by atoms with Gasteiger partial charge in [-0.05, 0) is 50.3 Å². The summed E-state index contributed by atoms with van der Waals surface area (Å²) in [7, 11) is 0. The van der Waals surface area contributed by atoms with E-state index in [4.69, 9.17) is 4.42 Å². The predicted octanol–water partition coefficient (Wildman–Crippen LogP) is 3.38. The standard InChI is InChI=1S/C15H16N2O2S/c1-8-6-7-10(19-8)13-16-14(18)12-9-4-2-3-5-11(9)20-15(12)17-13/h6-7,13,17H,2-5H2,1H3,(H,16,18). The van der Waals surface area contributed by atoms with Crippen LogP contribution in [0.15, 0.2) is 16.5 Å². The van der Waals surface area contributed by atoms with Gasteiger partial charge in [-0.1, -0.05) is 0 Å². The number of carbonyl (C=O) groups excluding carboxylic acids is 1. The van der Waals surface area contributed by atoms with Crippen molar-refractivity contribution in [2.45, 2.75) is 38.8 Å². The number of fused-ring (bicyclic) bond motifs is 3. The van der Waals surface area contributed by atoms with Gasteiger partial charge in [0, 0.05) is 4.88 Å². The number of anilines is 1. The van der Waals surface area contributed by atoms with Crippen molar-refractivity contribution in [3.8, 4) is 0 Å². The van der Waals surface area contributed by atoms with Gasteiger partial charge in [-0.2, -0.15) is 0 Å². The lowest BCUT2D eigenvalue weighted by atomic mass is 9.94. The van der Waals surface area contributed by atoms with E-state index in [0.29, 0.717) is 0 Å². The first-order chi connectivity index (χ1) is 9.72. The van der Waals surface area contributed by atoms with Crippen LogP contribution in [0.4, 0.5) is 5.00 Å². The topological polar surface area (TPSA) is 54.3 Å². The molecule has 1 atom stereocenters. The first-order valence-corrected chi connectivity index (χ1v) is 7.82. The monoisotopic (exact) mass is 288 g/mol. The molecule has 2 aromatic heterocycles. The van der Waals surface area contributed by atoms with Crippen molar-refractivity contribution in [1.82, 2.24) is 5.32 Å². The van der Waals surface area contributed by atoms with E-state index in [1.807, 2.05) is 19.1 Å². The number of nitrogens with one attached hydrogen (secondary N) is 2. The van der Waals surface area contributed by atoms with E-state index < -0.39 is 0 Å². The van der Waals surface area contributed by atoms with Crippen molar-refractivity contribution in [3.05, 3.63) is 39.7 Å². The number of amides is 1. The van der Waals surface area contributed by atoms with E-state index >= 15 is 0 Å². The van der Waals surface area contributed by atoms with Gasteiger partial charge < -0.3 is 15.1 Å².